The van der Waals surface area contributed by atoms with E-state index in [0.717, 1.165) is 34.1 Å². The second-order valence-electron chi connectivity index (χ2n) is 6.80. The number of aryl methyl sites for hydroxylation is 2. The first-order valence-electron chi connectivity index (χ1n) is 9.80. The van der Waals surface area contributed by atoms with Crippen LogP contribution in [0.3, 0.4) is 0 Å². The number of carbonyl (C=O) groups excluding carboxylic acids is 1. The lowest BCUT2D eigenvalue weighted by Gasteiger charge is -2.08. The lowest BCUT2D eigenvalue weighted by molar-refractivity contribution is -0.118. The summed E-state index contributed by atoms with van der Waals surface area (Å²) in [5.74, 6) is 1.30. The smallest absolute Gasteiger partial charge is 0.230 e. The average Bonchev–Trinajstić information content (AvgIpc) is 3.06. The Kier molecular flexibility index (Phi) is 7.36. The molecule has 0 saturated carbocycles. The number of hydrogen-bond acceptors (Lipinski definition) is 4. The number of nitrogens with zero attached hydrogens (tertiary/aromatic N) is 2. The second kappa shape index (κ2) is 10.2. The van der Waals surface area contributed by atoms with Gasteiger partial charge in [-0.3, -0.25) is 4.79 Å². The van der Waals surface area contributed by atoms with Crippen LogP contribution in [0.5, 0.6) is 5.75 Å². The summed E-state index contributed by atoms with van der Waals surface area (Å²) in [5, 5.41) is 7.50. The molecule has 152 valence electrons. The van der Waals surface area contributed by atoms with E-state index in [-0.39, 0.29) is 5.91 Å². The van der Waals surface area contributed by atoms with E-state index in [9.17, 15) is 4.79 Å². The van der Waals surface area contributed by atoms with E-state index >= 15 is 0 Å². The number of amides is 1. The van der Waals surface area contributed by atoms with Crippen molar-refractivity contribution in [3.05, 3.63) is 71.5 Å². The van der Waals surface area contributed by atoms with Crippen LogP contribution in [0.4, 0.5) is 0 Å². The number of hydrogen-bond donors (Lipinski definition) is 1. The molecular formula is C23H27N3O2S. The highest BCUT2D eigenvalue weighted by molar-refractivity contribution is 8.00. The summed E-state index contributed by atoms with van der Waals surface area (Å²) in [6.07, 6.45) is 0.802. The van der Waals surface area contributed by atoms with E-state index in [2.05, 4.69) is 47.7 Å². The van der Waals surface area contributed by atoms with Gasteiger partial charge in [-0.05, 0) is 75.2 Å². The lowest BCUT2D eigenvalue weighted by Crippen LogP contribution is -2.27. The highest BCUT2D eigenvalue weighted by Gasteiger charge is 2.05. The first kappa shape index (κ1) is 21.0. The molecule has 3 rings (SSSR count). The number of thioether (sulfide) groups is 1. The zero-order valence-electron chi connectivity index (χ0n) is 17.1. The summed E-state index contributed by atoms with van der Waals surface area (Å²) in [7, 11) is 0. The van der Waals surface area contributed by atoms with Crippen molar-refractivity contribution >= 4 is 17.7 Å². The van der Waals surface area contributed by atoms with E-state index in [0.29, 0.717) is 18.9 Å². The van der Waals surface area contributed by atoms with Crippen LogP contribution >= 0.6 is 11.8 Å². The molecule has 0 aliphatic heterocycles. The Morgan fingerprint density at radius 1 is 1.10 bits per heavy atom. The van der Waals surface area contributed by atoms with Crippen molar-refractivity contribution in [3.63, 3.8) is 0 Å². The fourth-order valence-electron chi connectivity index (χ4n) is 3.04. The predicted molar refractivity (Wildman–Crippen MR) is 118 cm³/mol. The molecule has 0 spiro atoms. The highest BCUT2D eigenvalue weighted by atomic mass is 32.2. The Morgan fingerprint density at radius 3 is 2.45 bits per heavy atom. The van der Waals surface area contributed by atoms with Gasteiger partial charge in [0.1, 0.15) is 5.75 Å². The van der Waals surface area contributed by atoms with Crippen LogP contribution in [-0.4, -0.2) is 34.6 Å². The summed E-state index contributed by atoms with van der Waals surface area (Å²) in [6, 6.07) is 18.2. The summed E-state index contributed by atoms with van der Waals surface area (Å²) in [5.41, 5.74) is 4.37. The maximum absolute atomic E-state index is 12.1. The lowest BCUT2D eigenvalue weighted by atomic mass is 10.1. The fraction of sp³-hybridized carbons (Fsp3) is 0.304. The minimum Gasteiger partial charge on any atom is -0.494 e. The van der Waals surface area contributed by atoms with Gasteiger partial charge in [0.2, 0.25) is 5.91 Å². The Morgan fingerprint density at radius 2 is 1.83 bits per heavy atom. The molecule has 5 nitrogen and oxygen atoms in total. The third-order valence-corrected chi connectivity index (χ3v) is 5.44. The summed E-state index contributed by atoms with van der Waals surface area (Å²) in [6.45, 7) is 7.29. The van der Waals surface area contributed by atoms with Gasteiger partial charge in [0.25, 0.3) is 0 Å². The normalized spacial score (nSPS) is 10.7. The zero-order valence-corrected chi connectivity index (χ0v) is 18.0. The van der Waals surface area contributed by atoms with Gasteiger partial charge in [0.15, 0.2) is 0 Å². The molecule has 6 heteroatoms. The van der Waals surface area contributed by atoms with Crippen molar-refractivity contribution in [2.75, 3.05) is 18.9 Å². The van der Waals surface area contributed by atoms with E-state index in [1.165, 1.54) is 17.3 Å². The predicted octanol–water partition coefficient (Wildman–Crippen LogP) is 4.34. The van der Waals surface area contributed by atoms with Gasteiger partial charge >= 0.3 is 0 Å². The molecule has 0 bridgehead atoms. The molecule has 0 unspecified atom stereocenters. The molecule has 0 aliphatic carbocycles. The monoisotopic (exact) mass is 409 g/mol. The summed E-state index contributed by atoms with van der Waals surface area (Å²) in [4.78, 5) is 13.1. The minimum absolute atomic E-state index is 0.0446. The van der Waals surface area contributed by atoms with Crippen LogP contribution in [0.25, 0.3) is 5.69 Å². The Hall–Kier alpha value is -2.73. The van der Waals surface area contributed by atoms with Gasteiger partial charge in [0.05, 0.1) is 23.7 Å². The van der Waals surface area contributed by atoms with Gasteiger partial charge in [-0.2, -0.15) is 5.10 Å². The zero-order chi connectivity index (χ0) is 20.6. The number of benzene rings is 2. The van der Waals surface area contributed by atoms with Crippen LogP contribution in [0.15, 0.2) is 59.5 Å². The Bertz CT molecular complexity index is 934. The molecule has 1 N–H and O–H groups in total. The first-order chi connectivity index (χ1) is 14.0. The maximum atomic E-state index is 12.1. The van der Waals surface area contributed by atoms with Gasteiger partial charge in [-0.15, -0.1) is 11.8 Å². The third-order valence-electron chi connectivity index (χ3n) is 4.43. The van der Waals surface area contributed by atoms with Crippen molar-refractivity contribution < 1.29 is 9.53 Å². The van der Waals surface area contributed by atoms with E-state index in [1.807, 2.05) is 42.8 Å². The van der Waals surface area contributed by atoms with Crippen LogP contribution in [-0.2, 0) is 11.2 Å². The quantitative estimate of drug-likeness (QED) is 0.534. The highest BCUT2D eigenvalue weighted by Crippen LogP contribution is 2.21. The largest absolute Gasteiger partial charge is 0.494 e. The number of nitrogens with one attached hydrogen (secondary N) is 1. The minimum atomic E-state index is 0.0446. The van der Waals surface area contributed by atoms with Crippen LogP contribution in [0.2, 0.25) is 0 Å². The number of carbonyl (C=O) groups is 1. The summed E-state index contributed by atoms with van der Waals surface area (Å²) < 4.78 is 7.37. The standard InChI is InChI=1S/C23H27N3O2S/c1-4-28-21-9-11-22(12-10-21)29-16-23(27)24-14-13-19-5-7-20(8-6-19)26-18(3)15-17(2)25-26/h5-12,15H,4,13-14,16H2,1-3H3,(H,24,27). The van der Waals surface area contributed by atoms with Gasteiger partial charge in [-0.25, -0.2) is 4.68 Å². The fourth-order valence-corrected chi connectivity index (χ4v) is 3.77. The van der Waals surface area contributed by atoms with Gasteiger partial charge < -0.3 is 10.1 Å². The van der Waals surface area contributed by atoms with Crippen molar-refractivity contribution in [1.82, 2.24) is 15.1 Å². The first-order valence-corrected chi connectivity index (χ1v) is 10.8. The molecule has 3 aromatic rings. The van der Waals surface area contributed by atoms with Crippen LogP contribution < -0.4 is 10.1 Å². The van der Waals surface area contributed by atoms with Gasteiger partial charge in [0, 0.05) is 17.1 Å². The molecule has 29 heavy (non-hydrogen) atoms. The maximum Gasteiger partial charge on any atom is 0.230 e. The molecule has 0 saturated heterocycles. The molecule has 0 aliphatic rings. The molecule has 1 heterocycles. The molecule has 1 aromatic heterocycles. The van der Waals surface area contributed by atoms with Crippen molar-refractivity contribution in [2.45, 2.75) is 32.1 Å². The number of rotatable bonds is 9. The molecular weight excluding hydrogens is 382 g/mol. The van der Waals surface area contributed by atoms with Crippen molar-refractivity contribution in [3.8, 4) is 11.4 Å². The Balaban J connectivity index is 1.41. The van der Waals surface area contributed by atoms with Crippen LogP contribution in [0.1, 0.15) is 23.9 Å². The Labute approximate surface area is 176 Å². The number of aromatic nitrogens is 2. The average molecular weight is 410 g/mol. The van der Waals surface area contributed by atoms with Crippen molar-refractivity contribution in [2.24, 2.45) is 0 Å². The SMILES string of the molecule is CCOc1ccc(SCC(=O)NCCc2ccc(-n3nc(C)cc3C)cc2)cc1. The molecule has 0 fully saturated rings. The van der Waals surface area contributed by atoms with E-state index in [4.69, 9.17) is 4.74 Å². The van der Waals surface area contributed by atoms with Crippen LogP contribution in [0, 0.1) is 13.8 Å². The second-order valence-corrected chi connectivity index (χ2v) is 7.85. The molecule has 1 amide bonds. The molecule has 0 atom stereocenters. The summed E-state index contributed by atoms with van der Waals surface area (Å²) >= 11 is 1.53. The molecule has 2 aromatic carbocycles. The topological polar surface area (TPSA) is 56.1 Å². The van der Waals surface area contributed by atoms with E-state index in [1.54, 1.807) is 0 Å². The molecule has 0 radical (unpaired) electrons. The van der Waals surface area contributed by atoms with Crippen molar-refractivity contribution in [1.29, 1.82) is 0 Å². The van der Waals surface area contributed by atoms with E-state index < -0.39 is 0 Å². The third kappa shape index (κ3) is 6.12. The van der Waals surface area contributed by atoms with Gasteiger partial charge in [-0.1, -0.05) is 12.1 Å². The number of ether oxygens (including phenoxy) is 1.